The zero-order valence-corrected chi connectivity index (χ0v) is 9.68. The Bertz CT molecular complexity index is 436. The molecule has 3 nitrogen and oxygen atoms in total. The molecule has 0 fully saturated rings. The minimum absolute atomic E-state index is 0.0618. The van der Waals surface area contributed by atoms with Gasteiger partial charge in [-0.3, -0.25) is 4.79 Å². The number of carbonyl (C=O) groups is 2. The molecular weight excluding hydrogens is 275 g/mol. The van der Waals surface area contributed by atoms with E-state index in [0.717, 1.165) is 0 Å². The normalized spacial score (nSPS) is 9.37. The van der Waals surface area contributed by atoms with Crippen LogP contribution in [0.5, 0.6) is 0 Å². The average molecular weight is 284 g/mol. The maximum Gasteiger partial charge on any atom is 0.312 e. The molecule has 0 spiro atoms. The fourth-order valence-electron chi connectivity index (χ4n) is 0.832. The van der Waals surface area contributed by atoms with Gasteiger partial charge in [0.1, 0.15) is 12.7 Å². The Hall–Kier alpha value is -1.99. The topological polar surface area (TPSA) is 43.4 Å². The molecule has 0 saturated carbocycles. The van der Waals surface area contributed by atoms with Crippen molar-refractivity contribution in [1.29, 1.82) is 0 Å². The van der Waals surface area contributed by atoms with Gasteiger partial charge in [0.15, 0.2) is 23.3 Å². The van der Waals surface area contributed by atoms with Gasteiger partial charge in [0, 0.05) is 6.07 Å². The van der Waals surface area contributed by atoms with Crippen LogP contribution in [0.4, 0.5) is 22.0 Å². The molecule has 1 aromatic rings. The lowest BCUT2D eigenvalue weighted by atomic mass is 10.3. The first kappa shape index (κ1) is 17.0. The summed E-state index contributed by atoms with van der Waals surface area (Å²) >= 11 is 0. The predicted octanol–water partition coefficient (Wildman–Crippen LogP) is 2.52. The molecule has 0 unspecified atom stereocenters. The Kier molecular flexibility index (Phi) is 7.32. The van der Waals surface area contributed by atoms with Crippen molar-refractivity contribution in [3.63, 3.8) is 0 Å². The zero-order valence-electron chi connectivity index (χ0n) is 9.68. The van der Waals surface area contributed by atoms with E-state index in [9.17, 15) is 31.5 Å². The molecule has 0 N–H and O–H groups in total. The van der Waals surface area contributed by atoms with Crippen LogP contribution >= 0.6 is 0 Å². The van der Waals surface area contributed by atoms with E-state index in [1.54, 1.807) is 6.92 Å². The lowest BCUT2D eigenvalue weighted by Crippen LogP contribution is -2.03. The smallest absolute Gasteiger partial charge is 0.312 e. The number of aldehydes is 1. The van der Waals surface area contributed by atoms with Gasteiger partial charge < -0.3 is 9.53 Å². The number of carbonyl (C=O) groups excluding carboxylic acids is 2. The van der Waals surface area contributed by atoms with Gasteiger partial charge in [-0.15, -0.1) is 0 Å². The highest BCUT2D eigenvalue weighted by Gasteiger charge is 2.18. The van der Waals surface area contributed by atoms with Gasteiger partial charge in [0.2, 0.25) is 5.82 Å². The van der Waals surface area contributed by atoms with E-state index in [0.29, 0.717) is 12.9 Å². The standard InChI is InChI=1S/C6HF5.C5H8O3/c7-2-1-3(8)5(10)6(11)4(2)9;1-2-8-5(7)3-4-6/h1H;4H,2-3H2,1H3. The van der Waals surface area contributed by atoms with Gasteiger partial charge in [-0.2, -0.15) is 0 Å². The number of rotatable bonds is 3. The van der Waals surface area contributed by atoms with Gasteiger partial charge in [0.25, 0.3) is 0 Å². The van der Waals surface area contributed by atoms with Crippen LogP contribution in [-0.2, 0) is 14.3 Å². The van der Waals surface area contributed by atoms with E-state index in [1.165, 1.54) is 0 Å². The molecule has 8 heteroatoms. The lowest BCUT2D eigenvalue weighted by Gasteiger charge is -1.96. The van der Waals surface area contributed by atoms with Crippen molar-refractivity contribution < 1.29 is 36.3 Å². The van der Waals surface area contributed by atoms with E-state index in [2.05, 4.69) is 4.74 Å². The van der Waals surface area contributed by atoms with E-state index in [-0.39, 0.29) is 12.5 Å². The molecule has 0 heterocycles. The summed E-state index contributed by atoms with van der Waals surface area (Å²) in [6.07, 6.45) is 0.395. The SMILES string of the molecule is CCOC(=O)CC=O.Fc1cc(F)c(F)c(F)c1F. The highest BCUT2D eigenvalue weighted by Crippen LogP contribution is 2.16. The van der Waals surface area contributed by atoms with Crippen LogP contribution in [0, 0.1) is 29.1 Å². The number of hydrogen-bond acceptors (Lipinski definition) is 3. The second kappa shape index (κ2) is 8.17. The van der Waals surface area contributed by atoms with Crippen LogP contribution < -0.4 is 0 Å². The van der Waals surface area contributed by atoms with Crippen molar-refractivity contribution in [2.75, 3.05) is 6.61 Å². The van der Waals surface area contributed by atoms with E-state index >= 15 is 0 Å². The van der Waals surface area contributed by atoms with Crippen molar-refractivity contribution >= 4 is 12.3 Å². The Balaban J connectivity index is 0.000000362. The Morgan fingerprint density at radius 2 is 1.58 bits per heavy atom. The molecular formula is C11H9F5O3. The molecule has 19 heavy (non-hydrogen) atoms. The lowest BCUT2D eigenvalue weighted by molar-refractivity contribution is -0.143. The van der Waals surface area contributed by atoms with Crippen molar-refractivity contribution in [3.05, 3.63) is 35.2 Å². The van der Waals surface area contributed by atoms with Crippen molar-refractivity contribution in [1.82, 2.24) is 0 Å². The molecule has 0 saturated heterocycles. The Morgan fingerprint density at radius 1 is 1.11 bits per heavy atom. The monoisotopic (exact) mass is 284 g/mol. The van der Waals surface area contributed by atoms with Crippen LogP contribution in [0.15, 0.2) is 6.07 Å². The van der Waals surface area contributed by atoms with Crippen LogP contribution in [0.2, 0.25) is 0 Å². The van der Waals surface area contributed by atoms with Gasteiger partial charge in [-0.1, -0.05) is 0 Å². The average Bonchev–Trinajstić information content (AvgIpc) is 2.35. The molecule has 0 aromatic heterocycles. The summed E-state index contributed by atoms with van der Waals surface area (Å²) in [7, 11) is 0. The van der Waals surface area contributed by atoms with Crippen molar-refractivity contribution in [3.8, 4) is 0 Å². The number of benzene rings is 1. The molecule has 0 atom stereocenters. The molecule has 0 radical (unpaired) electrons. The van der Waals surface area contributed by atoms with E-state index < -0.39 is 35.1 Å². The molecule has 106 valence electrons. The largest absolute Gasteiger partial charge is 0.466 e. The second-order valence-corrected chi connectivity index (χ2v) is 2.96. The van der Waals surface area contributed by atoms with Crippen LogP contribution in [0.25, 0.3) is 0 Å². The van der Waals surface area contributed by atoms with Gasteiger partial charge in [-0.25, -0.2) is 22.0 Å². The fraction of sp³-hybridized carbons (Fsp3) is 0.273. The summed E-state index contributed by atoms with van der Waals surface area (Å²) in [5.74, 6) is -10.1. The van der Waals surface area contributed by atoms with E-state index in [4.69, 9.17) is 0 Å². The summed E-state index contributed by atoms with van der Waals surface area (Å²) < 4.78 is 64.5. The summed E-state index contributed by atoms with van der Waals surface area (Å²) in [6, 6.07) is -0.0618. The summed E-state index contributed by atoms with van der Waals surface area (Å²) in [6.45, 7) is 2.04. The van der Waals surface area contributed by atoms with Crippen molar-refractivity contribution in [2.45, 2.75) is 13.3 Å². The molecule has 0 aliphatic rings. The molecule has 0 aliphatic carbocycles. The highest BCUT2D eigenvalue weighted by molar-refractivity contribution is 5.83. The molecule has 0 amide bonds. The van der Waals surface area contributed by atoms with E-state index in [1.807, 2.05) is 0 Å². The van der Waals surface area contributed by atoms with Gasteiger partial charge >= 0.3 is 5.97 Å². The molecule has 0 aliphatic heterocycles. The predicted molar refractivity (Wildman–Crippen MR) is 53.5 cm³/mol. The molecule has 1 aromatic carbocycles. The van der Waals surface area contributed by atoms with Crippen molar-refractivity contribution in [2.24, 2.45) is 0 Å². The Morgan fingerprint density at radius 3 is 1.95 bits per heavy atom. The number of ether oxygens (including phenoxy) is 1. The minimum Gasteiger partial charge on any atom is -0.466 e. The summed E-state index contributed by atoms with van der Waals surface area (Å²) in [4.78, 5) is 19.8. The van der Waals surface area contributed by atoms with Gasteiger partial charge in [-0.05, 0) is 6.92 Å². The highest BCUT2D eigenvalue weighted by atomic mass is 19.2. The number of halogens is 5. The molecule has 1 rings (SSSR count). The second-order valence-electron chi connectivity index (χ2n) is 2.96. The third kappa shape index (κ3) is 5.45. The van der Waals surface area contributed by atoms with Gasteiger partial charge in [0.05, 0.1) is 6.61 Å². The van der Waals surface area contributed by atoms with Crippen LogP contribution in [-0.4, -0.2) is 18.9 Å². The fourth-order valence-corrected chi connectivity index (χ4v) is 0.832. The van der Waals surface area contributed by atoms with Crippen LogP contribution in [0.1, 0.15) is 13.3 Å². The number of esters is 1. The first-order chi connectivity index (χ1) is 8.84. The third-order valence-corrected chi connectivity index (χ3v) is 1.61. The summed E-state index contributed by atoms with van der Waals surface area (Å²) in [5, 5.41) is 0. The summed E-state index contributed by atoms with van der Waals surface area (Å²) in [5.41, 5.74) is 0. The quantitative estimate of drug-likeness (QED) is 0.214. The molecule has 0 bridgehead atoms. The minimum atomic E-state index is -2.14. The third-order valence-electron chi connectivity index (χ3n) is 1.61. The maximum absolute atomic E-state index is 12.0. The first-order valence-electron chi connectivity index (χ1n) is 4.92. The van der Waals surface area contributed by atoms with Crippen LogP contribution in [0.3, 0.4) is 0 Å². The first-order valence-corrected chi connectivity index (χ1v) is 4.92. The Labute approximate surface area is 105 Å². The maximum atomic E-state index is 12.0. The number of hydrogen-bond donors (Lipinski definition) is 0. The zero-order chi connectivity index (χ0) is 15.0.